The molecule has 0 aliphatic carbocycles. The molecule has 0 heterocycles. The van der Waals surface area contributed by atoms with Gasteiger partial charge in [0, 0.05) is 19.3 Å². The monoisotopic (exact) mass is 1150 g/mol. The average molecular weight is 1150 g/mol. The summed E-state index contributed by atoms with van der Waals surface area (Å²) in [6.07, 6.45) is 100. The van der Waals surface area contributed by atoms with Crippen molar-refractivity contribution >= 4 is 17.9 Å². The Kier molecular flexibility index (Phi) is 65.8. The van der Waals surface area contributed by atoms with Gasteiger partial charge >= 0.3 is 17.9 Å². The number of hydrogen-bond acceptors (Lipinski definition) is 6. The minimum atomic E-state index is -0.822. The standard InChI is InChI=1S/C77H126O6/c1-4-7-10-13-16-19-22-25-28-31-34-36-37-38-39-41-43-46-49-52-55-58-61-64-67-70-76(79)82-73-74(72-81-75(78)69-66-63-60-57-54-51-48-45-42-33-30-27-24-21-18-15-12-9-6-3)83-77(80)71-68-65-62-59-56-53-50-47-44-40-35-32-29-26-23-20-17-14-11-8-5-2/h8-9,11-12,17-18,20-22,25-27,29-31,34-35,40,42,45,51,54,60,63,74H,4-7,10,13-16,19,23-24,28,32-33,36-39,41,43-44,46-50,52-53,55-59,61-62,64-73H2,1-3H3/b11-8-,12-9-,20-17-,21-18-,25-22-,29-26-,30-27-,34-31-,40-35-,45-42-,54-51-,63-60-. The number of esters is 3. The molecule has 6 nitrogen and oxygen atoms in total. The lowest BCUT2D eigenvalue weighted by Crippen LogP contribution is -2.30. The van der Waals surface area contributed by atoms with Gasteiger partial charge in [-0.15, -0.1) is 0 Å². The van der Waals surface area contributed by atoms with Gasteiger partial charge in [0.05, 0.1) is 0 Å². The van der Waals surface area contributed by atoms with E-state index >= 15 is 0 Å². The number of carbonyl (C=O) groups is 3. The van der Waals surface area contributed by atoms with Gasteiger partial charge in [-0.25, -0.2) is 0 Å². The first kappa shape index (κ1) is 78.3. The van der Waals surface area contributed by atoms with Gasteiger partial charge in [0.15, 0.2) is 6.10 Å². The molecule has 1 atom stereocenters. The highest BCUT2D eigenvalue weighted by atomic mass is 16.6. The Bertz CT molecular complexity index is 1800. The summed E-state index contributed by atoms with van der Waals surface area (Å²) in [5.41, 5.74) is 0. The first-order valence-corrected chi connectivity index (χ1v) is 34.3. The quantitative estimate of drug-likeness (QED) is 0.0261. The number of hydrogen-bond donors (Lipinski definition) is 0. The van der Waals surface area contributed by atoms with E-state index in [0.717, 1.165) is 116 Å². The van der Waals surface area contributed by atoms with Crippen LogP contribution in [0.3, 0.4) is 0 Å². The van der Waals surface area contributed by atoms with Crippen molar-refractivity contribution in [2.45, 2.75) is 309 Å². The first-order chi connectivity index (χ1) is 41.0. The second-order valence-corrected chi connectivity index (χ2v) is 22.3. The fourth-order valence-electron chi connectivity index (χ4n) is 9.26. The van der Waals surface area contributed by atoms with Crippen molar-refractivity contribution in [2.75, 3.05) is 13.2 Å². The Morgan fingerprint density at radius 3 is 0.807 bits per heavy atom. The molecule has 0 rings (SSSR count). The third-order valence-electron chi connectivity index (χ3n) is 14.3. The molecule has 1 unspecified atom stereocenters. The van der Waals surface area contributed by atoms with Crippen LogP contribution in [-0.2, 0) is 28.6 Å². The molecule has 0 fully saturated rings. The lowest BCUT2D eigenvalue weighted by Gasteiger charge is -2.18. The fraction of sp³-hybridized carbons (Fsp3) is 0.649. The number of unbranched alkanes of at least 4 members (excludes halogenated alkanes) is 26. The summed E-state index contributed by atoms with van der Waals surface area (Å²) in [7, 11) is 0. The van der Waals surface area contributed by atoms with Crippen LogP contribution >= 0.6 is 0 Å². The molecule has 0 aromatic heterocycles. The van der Waals surface area contributed by atoms with Crippen molar-refractivity contribution in [1.82, 2.24) is 0 Å². The summed E-state index contributed by atoms with van der Waals surface area (Å²) in [5, 5.41) is 0. The Labute approximate surface area is 512 Å². The van der Waals surface area contributed by atoms with E-state index in [1.807, 2.05) is 6.08 Å². The molecule has 0 aromatic carbocycles. The molecule has 0 radical (unpaired) electrons. The van der Waals surface area contributed by atoms with E-state index in [9.17, 15) is 14.4 Å². The lowest BCUT2D eigenvalue weighted by atomic mass is 10.0. The summed E-state index contributed by atoms with van der Waals surface area (Å²) >= 11 is 0. The maximum atomic E-state index is 13.0. The SMILES string of the molecule is CC/C=C\C/C=C\C/C=C\C/C=C\C/C=C\C/C=C\CCC(=O)OCC(COC(=O)CCCCCCCCCCCCCCC/C=C\C/C=C\CCCCCCC)OC(=O)CCCCCCCCCC/C=C\C/C=C\C/C=C\C/C=C\CC. The van der Waals surface area contributed by atoms with Gasteiger partial charge in [-0.2, -0.15) is 0 Å². The first-order valence-electron chi connectivity index (χ1n) is 34.3. The van der Waals surface area contributed by atoms with Crippen LogP contribution in [0.5, 0.6) is 0 Å². The van der Waals surface area contributed by atoms with Crippen LogP contribution in [0, 0.1) is 0 Å². The third-order valence-corrected chi connectivity index (χ3v) is 14.3. The maximum absolute atomic E-state index is 13.0. The highest BCUT2D eigenvalue weighted by Gasteiger charge is 2.19. The van der Waals surface area contributed by atoms with Crippen molar-refractivity contribution < 1.29 is 28.6 Å². The van der Waals surface area contributed by atoms with Gasteiger partial charge in [-0.1, -0.05) is 301 Å². The van der Waals surface area contributed by atoms with Crippen LogP contribution in [0.2, 0.25) is 0 Å². The zero-order chi connectivity index (χ0) is 59.9. The molecular weight excluding hydrogens is 1020 g/mol. The Balaban J connectivity index is 4.47. The molecule has 0 N–H and O–H groups in total. The normalized spacial score (nSPS) is 13.0. The number of rotatable bonds is 61. The van der Waals surface area contributed by atoms with Crippen LogP contribution in [0.15, 0.2) is 146 Å². The topological polar surface area (TPSA) is 78.9 Å². The summed E-state index contributed by atoms with van der Waals surface area (Å²) in [4.78, 5) is 38.4. The number of carbonyl (C=O) groups excluding carboxylic acids is 3. The van der Waals surface area contributed by atoms with Crippen LogP contribution < -0.4 is 0 Å². The Hall–Kier alpha value is -4.71. The molecule has 0 saturated heterocycles. The minimum absolute atomic E-state index is 0.109. The molecule has 0 spiro atoms. The molecule has 0 saturated carbocycles. The number of ether oxygens (including phenoxy) is 3. The predicted octanol–water partition coefficient (Wildman–Crippen LogP) is 23.9. The average Bonchev–Trinajstić information content (AvgIpc) is 3.49. The smallest absolute Gasteiger partial charge is 0.306 e. The Morgan fingerprint density at radius 1 is 0.253 bits per heavy atom. The van der Waals surface area contributed by atoms with Gasteiger partial charge in [-0.05, 0) is 128 Å². The van der Waals surface area contributed by atoms with E-state index < -0.39 is 6.10 Å². The van der Waals surface area contributed by atoms with Gasteiger partial charge in [0.1, 0.15) is 13.2 Å². The van der Waals surface area contributed by atoms with Gasteiger partial charge in [-0.3, -0.25) is 14.4 Å². The molecular formula is C77H126O6. The van der Waals surface area contributed by atoms with Crippen LogP contribution in [0.4, 0.5) is 0 Å². The molecule has 6 heteroatoms. The summed E-state index contributed by atoms with van der Waals surface area (Å²) in [5.74, 6) is -1.00. The molecule has 0 bridgehead atoms. The number of allylic oxidation sites excluding steroid dienone is 24. The van der Waals surface area contributed by atoms with Crippen molar-refractivity contribution in [3.05, 3.63) is 146 Å². The van der Waals surface area contributed by atoms with Crippen molar-refractivity contribution in [3.63, 3.8) is 0 Å². The van der Waals surface area contributed by atoms with Crippen LogP contribution in [-0.4, -0.2) is 37.2 Å². The van der Waals surface area contributed by atoms with E-state index in [2.05, 4.69) is 161 Å². The highest BCUT2D eigenvalue weighted by Crippen LogP contribution is 2.16. The summed E-state index contributed by atoms with van der Waals surface area (Å²) < 4.78 is 16.9. The van der Waals surface area contributed by atoms with E-state index in [0.29, 0.717) is 19.3 Å². The van der Waals surface area contributed by atoms with E-state index in [1.54, 1.807) is 0 Å². The van der Waals surface area contributed by atoms with E-state index in [1.165, 1.54) is 141 Å². The van der Waals surface area contributed by atoms with Crippen molar-refractivity contribution in [1.29, 1.82) is 0 Å². The molecule has 470 valence electrons. The molecule has 0 aliphatic rings. The lowest BCUT2D eigenvalue weighted by molar-refractivity contribution is -0.166. The fourth-order valence-corrected chi connectivity index (χ4v) is 9.26. The second-order valence-electron chi connectivity index (χ2n) is 22.3. The van der Waals surface area contributed by atoms with Crippen molar-refractivity contribution in [3.8, 4) is 0 Å². The predicted molar refractivity (Wildman–Crippen MR) is 362 cm³/mol. The van der Waals surface area contributed by atoms with Gasteiger partial charge in [0.2, 0.25) is 0 Å². The van der Waals surface area contributed by atoms with Crippen LogP contribution in [0.25, 0.3) is 0 Å². The highest BCUT2D eigenvalue weighted by molar-refractivity contribution is 5.71. The molecule has 0 amide bonds. The summed E-state index contributed by atoms with van der Waals surface area (Å²) in [6, 6.07) is 0. The van der Waals surface area contributed by atoms with Gasteiger partial charge in [0.25, 0.3) is 0 Å². The second kappa shape index (κ2) is 69.8. The zero-order valence-electron chi connectivity index (χ0n) is 53.9. The van der Waals surface area contributed by atoms with Gasteiger partial charge < -0.3 is 14.2 Å². The largest absolute Gasteiger partial charge is 0.462 e. The van der Waals surface area contributed by atoms with Crippen molar-refractivity contribution in [2.24, 2.45) is 0 Å². The molecule has 0 aromatic rings. The molecule has 0 aliphatic heterocycles. The van der Waals surface area contributed by atoms with E-state index in [4.69, 9.17) is 14.2 Å². The van der Waals surface area contributed by atoms with E-state index in [-0.39, 0.29) is 37.5 Å². The Morgan fingerprint density at radius 2 is 0.494 bits per heavy atom. The zero-order valence-corrected chi connectivity index (χ0v) is 53.9. The molecule has 83 heavy (non-hydrogen) atoms. The third kappa shape index (κ3) is 68.0. The minimum Gasteiger partial charge on any atom is -0.462 e. The maximum Gasteiger partial charge on any atom is 0.306 e. The summed E-state index contributed by atoms with van der Waals surface area (Å²) in [6.45, 7) is 6.35. The van der Waals surface area contributed by atoms with Crippen LogP contribution in [0.1, 0.15) is 303 Å².